The van der Waals surface area contributed by atoms with Crippen molar-refractivity contribution in [1.82, 2.24) is 10.2 Å². The summed E-state index contributed by atoms with van der Waals surface area (Å²) >= 11 is 0. The van der Waals surface area contributed by atoms with E-state index in [2.05, 4.69) is 24.0 Å². The van der Waals surface area contributed by atoms with Gasteiger partial charge in [-0.05, 0) is 43.5 Å². The van der Waals surface area contributed by atoms with Gasteiger partial charge in [-0.15, -0.1) is 10.2 Å². The fourth-order valence-corrected chi connectivity index (χ4v) is 2.72. The number of esters is 1. The topological polar surface area (TPSA) is 74.5 Å². The van der Waals surface area contributed by atoms with Gasteiger partial charge in [0.15, 0.2) is 12.7 Å². The number of benzene rings is 2. The molecule has 28 heavy (non-hydrogen) atoms. The van der Waals surface area contributed by atoms with Crippen molar-refractivity contribution < 1.29 is 18.7 Å². The Bertz CT molecular complexity index is 932. The minimum Gasteiger partial charge on any atom is -0.482 e. The number of aryl methyl sites for hydroxylation is 1. The summed E-state index contributed by atoms with van der Waals surface area (Å²) < 4.78 is 16.7. The zero-order chi connectivity index (χ0) is 20.1. The van der Waals surface area contributed by atoms with Crippen LogP contribution in [0.2, 0.25) is 0 Å². The molecule has 0 radical (unpaired) electrons. The smallest absolute Gasteiger partial charge is 0.344 e. The molecule has 0 bridgehead atoms. The van der Waals surface area contributed by atoms with E-state index in [0.29, 0.717) is 17.6 Å². The van der Waals surface area contributed by atoms with E-state index >= 15 is 0 Å². The Labute approximate surface area is 164 Å². The summed E-state index contributed by atoms with van der Waals surface area (Å²) in [5, 5.41) is 8.02. The molecule has 0 saturated carbocycles. The fourth-order valence-electron chi connectivity index (χ4n) is 2.72. The van der Waals surface area contributed by atoms with Crippen LogP contribution in [0, 0.1) is 6.92 Å². The second-order valence-corrected chi connectivity index (χ2v) is 6.92. The molecule has 2 aromatic carbocycles. The first-order valence-electron chi connectivity index (χ1n) is 9.25. The number of carbonyl (C=O) groups is 1. The number of hydrogen-bond acceptors (Lipinski definition) is 6. The van der Waals surface area contributed by atoms with Crippen molar-refractivity contribution in [3.63, 3.8) is 0 Å². The molecule has 3 aromatic rings. The minimum atomic E-state index is -0.664. The summed E-state index contributed by atoms with van der Waals surface area (Å²) in [6.07, 6.45) is -0.664. The largest absolute Gasteiger partial charge is 0.482 e. The van der Waals surface area contributed by atoms with Crippen LogP contribution in [0.5, 0.6) is 5.75 Å². The molecule has 0 aliphatic heterocycles. The monoisotopic (exact) mass is 380 g/mol. The quantitative estimate of drug-likeness (QED) is 0.545. The van der Waals surface area contributed by atoms with Crippen LogP contribution in [0.1, 0.15) is 49.8 Å². The zero-order valence-electron chi connectivity index (χ0n) is 16.5. The Kier molecular flexibility index (Phi) is 6.09. The van der Waals surface area contributed by atoms with Crippen LogP contribution in [-0.4, -0.2) is 22.8 Å². The summed E-state index contributed by atoms with van der Waals surface area (Å²) in [5.74, 6) is 1.11. The summed E-state index contributed by atoms with van der Waals surface area (Å²) in [6.45, 7) is 7.65. The molecule has 0 N–H and O–H groups in total. The van der Waals surface area contributed by atoms with E-state index in [9.17, 15) is 4.79 Å². The normalized spacial score (nSPS) is 12.0. The van der Waals surface area contributed by atoms with Crippen molar-refractivity contribution in [2.24, 2.45) is 0 Å². The van der Waals surface area contributed by atoms with Crippen LogP contribution in [0.3, 0.4) is 0 Å². The Morgan fingerprint density at radius 3 is 2.46 bits per heavy atom. The van der Waals surface area contributed by atoms with Crippen molar-refractivity contribution in [2.75, 3.05) is 6.61 Å². The Morgan fingerprint density at radius 2 is 1.75 bits per heavy atom. The van der Waals surface area contributed by atoms with Crippen LogP contribution in [0.15, 0.2) is 52.9 Å². The molecule has 1 unspecified atom stereocenters. The number of ether oxygens (including phenoxy) is 2. The van der Waals surface area contributed by atoms with Crippen LogP contribution in [0.4, 0.5) is 0 Å². The SMILES string of the molecule is Cc1ccc(-c2nnc(C(C)OC(=O)COc3ccccc3C(C)C)o2)cc1. The molecule has 0 aliphatic rings. The van der Waals surface area contributed by atoms with E-state index in [-0.39, 0.29) is 12.5 Å². The predicted octanol–water partition coefficient (Wildman–Crippen LogP) is 4.85. The van der Waals surface area contributed by atoms with E-state index in [1.807, 2.05) is 55.5 Å². The van der Waals surface area contributed by atoms with Gasteiger partial charge >= 0.3 is 5.97 Å². The number of rotatable bonds is 7. The molecule has 3 rings (SSSR count). The highest BCUT2D eigenvalue weighted by Crippen LogP contribution is 2.26. The minimum absolute atomic E-state index is 0.187. The molecule has 0 saturated heterocycles. The molecule has 1 atom stereocenters. The second kappa shape index (κ2) is 8.69. The van der Waals surface area contributed by atoms with Gasteiger partial charge in [0.1, 0.15) is 5.75 Å². The highest BCUT2D eigenvalue weighted by Gasteiger charge is 2.20. The summed E-state index contributed by atoms with van der Waals surface area (Å²) in [6, 6.07) is 15.4. The third-order valence-corrected chi connectivity index (χ3v) is 4.28. The van der Waals surface area contributed by atoms with Crippen LogP contribution >= 0.6 is 0 Å². The van der Waals surface area contributed by atoms with Crippen molar-refractivity contribution in [3.05, 3.63) is 65.5 Å². The van der Waals surface area contributed by atoms with Gasteiger partial charge in [-0.1, -0.05) is 49.7 Å². The van der Waals surface area contributed by atoms with Gasteiger partial charge in [0.05, 0.1) is 0 Å². The molecule has 6 heteroatoms. The van der Waals surface area contributed by atoms with E-state index in [1.165, 1.54) is 0 Å². The van der Waals surface area contributed by atoms with Gasteiger partial charge < -0.3 is 13.9 Å². The van der Waals surface area contributed by atoms with Crippen LogP contribution < -0.4 is 4.74 Å². The van der Waals surface area contributed by atoms with Gasteiger partial charge in [0, 0.05) is 5.56 Å². The third-order valence-electron chi connectivity index (χ3n) is 4.28. The summed E-state index contributed by atoms with van der Waals surface area (Å²) in [4.78, 5) is 12.2. The molecular formula is C22H24N2O4. The lowest BCUT2D eigenvalue weighted by Gasteiger charge is -2.14. The zero-order valence-corrected chi connectivity index (χ0v) is 16.5. The Balaban J connectivity index is 1.58. The molecular weight excluding hydrogens is 356 g/mol. The summed E-state index contributed by atoms with van der Waals surface area (Å²) in [7, 11) is 0. The van der Waals surface area contributed by atoms with Crippen LogP contribution in [-0.2, 0) is 9.53 Å². The fraction of sp³-hybridized carbons (Fsp3) is 0.318. The lowest BCUT2D eigenvalue weighted by Crippen LogP contribution is -2.17. The molecule has 0 aliphatic carbocycles. The molecule has 6 nitrogen and oxygen atoms in total. The second-order valence-electron chi connectivity index (χ2n) is 6.92. The van der Waals surface area contributed by atoms with E-state index in [4.69, 9.17) is 13.9 Å². The van der Waals surface area contributed by atoms with Gasteiger partial charge in [-0.3, -0.25) is 0 Å². The number of hydrogen-bond donors (Lipinski definition) is 0. The average Bonchev–Trinajstić information content (AvgIpc) is 3.17. The van der Waals surface area contributed by atoms with Gasteiger partial charge in [-0.25, -0.2) is 4.79 Å². The standard InChI is InChI=1S/C22H24N2O4/c1-14(2)18-7-5-6-8-19(18)26-13-20(25)27-16(4)21-23-24-22(28-21)17-11-9-15(3)10-12-17/h5-12,14,16H,13H2,1-4H3. The highest BCUT2D eigenvalue weighted by molar-refractivity contribution is 5.71. The maximum absolute atomic E-state index is 12.2. The molecule has 0 spiro atoms. The van der Waals surface area contributed by atoms with Gasteiger partial charge in [0.25, 0.3) is 5.89 Å². The Morgan fingerprint density at radius 1 is 1.04 bits per heavy atom. The third kappa shape index (κ3) is 4.76. The summed E-state index contributed by atoms with van der Waals surface area (Å²) in [5.41, 5.74) is 3.00. The predicted molar refractivity (Wildman–Crippen MR) is 105 cm³/mol. The first kappa shape index (κ1) is 19.6. The molecule has 0 fully saturated rings. The van der Waals surface area contributed by atoms with E-state index in [1.54, 1.807) is 6.92 Å². The first-order chi connectivity index (χ1) is 13.4. The van der Waals surface area contributed by atoms with Crippen molar-refractivity contribution in [1.29, 1.82) is 0 Å². The molecule has 146 valence electrons. The van der Waals surface area contributed by atoms with Crippen molar-refractivity contribution >= 4 is 5.97 Å². The van der Waals surface area contributed by atoms with Gasteiger partial charge in [-0.2, -0.15) is 0 Å². The average molecular weight is 380 g/mol. The highest BCUT2D eigenvalue weighted by atomic mass is 16.6. The van der Waals surface area contributed by atoms with E-state index in [0.717, 1.165) is 16.7 Å². The maximum Gasteiger partial charge on any atom is 0.344 e. The molecule has 1 heterocycles. The lowest BCUT2D eigenvalue weighted by molar-refractivity contribution is -0.152. The molecule has 1 aromatic heterocycles. The maximum atomic E-state index is 12.2. The van der Waals surface area contributed by atoms with Crippen molar-refractivity contribution in [2.45, 2.75) is 39.7 Å². The van der Waals surface area contributed by atoms with Crippen molar-refractivity contribution in [3.8, 4) is 17.2 Å². The molecule has 0 amide bonds. The van der Waals surface area contributed by atoms with E-state index < -0.39 is 12.1 Å². The number of carbonyl (C=O) groups excluding carboxylic acids is 1. The van der Waals surface area contributed by atoms with Gasteiger partial charge in [0.2, 0.25) is 5.89 Å². The number of para-hydroxylation sites is 1. The van der Waals surface area contributed by atoms with Crippen LogP contribution in [0.25, 0.3) is 11.5 Å². The Hall–Kier alpha value is -3.15. The number of nitrogens with zero attached hydrogens (tertiary/aromatic N) is 2. The number of aromatic nitrogens is 2. The first-order valence-corrected chi connectivity index (χ1v) is 9.25. The lowest BCUT2D eigenvalue weighted by atomic mass is 10.0.